The fourth-order valence-corrected chi connectivity index (χ4v) is 3.75. The molecule has 2 saturated heterocycles. The van der Waals surface area contributed by atoms with E-state index in [4.69, 9.17) is 19.2 Å². The number of morpholine rings is 1. The average molecular weight is 411 g/mol. The minimum atomic E-state index is -0.232. The molecule has 0 aliphatic carbocycles. The molecule has 0 radical (unpaired) electrons. The van der Waals surface area contributed by atoms with Crippen molar-refractivity contribution in [2.24, 2.45) is 0 Å². The maximum Gasteiger partial charge on any atom is 0.319 e. The molecule has 0 spiro atoms. The van der Waals surface area contributed by atoms with Gasteiger partial charge in [0.05, 0.1) is 44.6 Å². The Hall–Kier alpha value is -2.91. The lowest BCUT2D eigenvalue weighted by Gasteiger charge is -2.31. The topological polar surface area (TPSA) is 97.8 Å². The second-order valence-corrected chi connectivity index (χ2v) is 7.62. The quantitative estimate of drug-likeness (QED) is 0.792. The van der Waals surface area contributed by atoms with Crippen LogP contribution in [0.2, 0.25) is 0 Å². The van der Waals surface area contributed by atoms with Gasteiger partial charge in [0.1, 0.15) is 5.82 Å². The third-order valence-corrected chi connectivity index (χ3v) is 5.44. The van der Waals surface area contributed by atoms with Crippen LogP contribution in [0.5, 0.6) is 5.88 Å². The van der Waals surface area contributed by atoms with E-state index in [-0.39, 0.29) is 12.1 Å². The molecule has 2 aromatic rings. The van der Waals surface area contributed by atoms with Crippen LogP contribution in [0.3, 0.4) is 0 Å². The number of amides is 2. The summed E-state index contributed by atoms with van der Waals surface area (Å²) >= 11 is 0. The number of ether oxygens (including phenoxy) is 3. The number of urea groups is 1. The molecule has 2 N–H and O–H groups in total. The van der Waals surface area contributed by atoms with Gasteiger partial charge in [0.15, 0.2) is 5.82 Å². The Morgan fingerprint density at radius 2 is 1.83 bits per heavy atom. The Morgan fingerprint density at radius 3 is 2.57 bits per heavy atom. The van der Waals surface area contributed by atoms with E-state index >= 15 is 0 Å². The molecule has 0 bridgehead atoms. The summed E-state index contributed by atoms with van der Waals surface area (Å²) in [6, 6.07) is 7.39. The van der Waals surface area contributed by atoms with Gasteiger partial charge >= 0.3 is 6.03 Å². The van der Waals surface area contributed by atoms with Gasteiger partial charge in [-0.3, -0.25) is 0 Å². The fourth-order valence-electron chi connectivity index (χ4n) is 3.75. The summed E-state index contributed by atoms with van der Waals surface area (Å²) in [6.45, 7) is 4.83. The number of carbonyl (C=O) groups excluding carboxylic acids is 1. The van der Waals surface area contributed by atoms with Crippen molar-refractivity contribution < 1.29 is 19.0 Å². The van der Waals surface area contributed by atoms with E-state index in [1.807, 2.05) is 24.3 Å². The molecule has 3 aliphatic rings. The molecular weight excluding hydrogens is 386 g/mol. The predicted molar refractivity (Wildman–Crippen MR) is 111 cm³/mol. The van der Waals surface area contributed by atoms with Gasteiger partial charge in [-0.2, -0.15) is 4.98 Å². The van der Waals surface area contributed by atoms with Crippen molar-refractivity contribution in [2.75, 3.05) is 56.3 Å². The normalized spacial score (nSPS) is 18.7. The first-order valence-electron chi connectivity index (χ1n) is 10.4. The second-order valence-electron chi connectivity index (χ2n) is 7.62. The minimum Gasteiger partial charge on any atom is -0.477 e. The molecule has 1 aromatic heterocycles. The summed E-state index contributed by atoms with van der Waals surface area (Å²) < 4.78 is 16.4. The summed E-state index contributed by atoms with van der Waals surface area (Å²) in [5, 5.41) is 5.70. The number of fused-ring (bicyclic) bond motifs is 1. The van der Waals surface area contributed by atoms with Crippen molar-refractivity contribution >= 4 is 17.5 Å². The minimum absolute atomic E-state index is 0.0896. The molecule has 9 heteroatoms. The Bertz CT molecular complexity index is 910. The van der Waals surface area contributed by atoms with Crippen molar-refractivity contribution in [2.45, 2.75) is 18.9 Å². The van der Waals surface area contributed by atoms with Crippen molar-refractivity contribution in [1.29, 1.82) is 0 Å². The summed E-state index contributed by atoms with van der Waals surface area (Å²) in [4.78, 5) is 23.8. The average Bonchev–Trinajstić information content (AvgIpc) is 2.77. The largest absolute Gasteiger partial charge is 0.477 e. The molecule has 2 fully saturated rings. The zero-order chi connectivity index (χ0) is 20.3. The number of nitrogens with zero attached hydrogens (tertiary/aromatic N) is 3. The van der Waals surface area contributed by atoms with Gasteiger partial charge in [-0.15, -0.1) is 0 Å². The SMILES string of the molecule is O=C(Nc1ccc(-c2nc3c(c(N4CCOCC4)n2)CCCO3)cc1)NC1COC1. The molecular formula is C21H25N5O4. The van der Waals surface area contributed by atoms with E-state index in [1.165, 1.54) is 0 Å². The molecule has 158 valence electrons. The van der Waals surface area contributed by atoms with Crippen LogP contribution in [0.4, 0.5) is 16.3 Å². The molecule has 0 unspecified atom stereocenters. The molecule has 4 heterocycles. The van der Waals surface area contributed by atoms with Crippen LogP contribution < -0.4 is 20.3 Å². The third kappa shape index (κ3) is 4.03. The van der Waals surface area contributed by atoms with E-state index in [1.54, 1.807) is 0 Å². The van der Waals surface area contributed by atoms with Crippen LogP contribution >= 0.6 is 0 Å². The first-order chi connectivity index (χ1) is 14.8. The van der Waals surface area contributed by atoms with E-state index < -0.39 is 0 Å². The van der Waals surface area contributed by atoms with Crippen molar-refractivity contribution in [3.05, 3.63) is 29.8 Å². The molecule has 9 nitrogen and oxygen atoms in total. The summed E-state index contributed by atoms with van der Waals surface area (Å²) in [5.74, 6) is 2.25. The number of anilines is 2. The fraction of sp³-hybridized carbons (Fsp3) is 0.476. The van der Waals surface area contributed by atoms with Crippen LogP contribution in [-0.2, 0) is 15.9 Å². The summed E-state index contributed by atoms with van der Waals surface area (Å²) in [7, 11) is 0. The molecule has 3 aliphatic heterocycles. The zero-order valence-corrected chi connectivity index (χ0v) is 16.7. The highest BCUT2D eigenvalue weighted by atomic mass is 16.5. The molecule has 30 heavy (non-hydrogen) atoms. The van der Waals surface area contributed by atoms with Crippen LogP contribution in [0, 0.1) is 0 Å². The number of hydrogen-bond donors (Lipinski definition) is 2. The van der Waals surface area contributed by atoms with Crippen LogP contribution in [0.25, 0.3) is 11.4 Å². The van der Waals surface area contributed by atoms with Gasteiger partial charge in [0, 0.05) is 24.3 Å². The smallest absolute Gasteiger partial charge is 0.319 e. The summed E-state index contributed by atoms with van der Waals surface area (Å²) in [6.07, 6.45) is 1.90. The molecule has 1 aromatic carbocycles. The molecule has 5 rings (SSSR count). The van der Waals surface area contributed by atoms with E-state index in [0.717, 1.165) is 42.9 Å². The second kappa shape index (κ2) is 8.45. The van der Waals surface area contributed by atoms with Gasteiger partial charge in [-0.25, -0.2) is 9.78 Å². The Labute approximate surface area is 174 Å². The van der Waals surface area contributed by atoms with Gasteiger partial charge in [-0.05, 0) is 37.1 Å². The zero-order valence-electron chi connectivity index (χ0n) is 16.7. The van der Waals surface area contributed by atoms with E-state index in [0.29, 0.717) is 50.4 Å². The third-order valence-electron chi connectivity index (χ3n) is 5.44. The lowest BCUT2D eigenvalue weighted by atomic mass is 10.1. The molecule has 0 atom stereocenters. The predicted octanol–water partition coefficient (Wildman–Crippen LogP) is 1.83. The maximum absolute atomic E-state index is 12.0. The maximum atomic E-state index is 12.0. The van der Waals surface area contributed by atoms with Gasteiger partial charge < -0.3 is 29.7 Å². The number of hydrogen-bond acceptors (Lipinski definition) is 7. The van der Waals surface area contributed by atoms with Crippen molar-refractivity contribution in [3.8, 4) is 17.3 Å². The van der Waals surface area contributed by atoms with Crippen molar-refractivity contribution in [1.82, 2.24) is 15.3 Å². The standard InChI is InChI=1S/C21H25N5O4/c27-21(23-16-12-29-13-16)22-15-5-3-14(4-6-15)18-24-19(26-7-10-28-11-8-26)17-2-1-9-30-20(17)25-18/h3-6,16H,1-2,7-13H2,(H2,22,23,27). The highest BCUT2D eigenvalue weighted by Crippen LogP contribution is 2.33. The number of nitrogens with one attached hydrogen (secondary N) is 2. The molecule has 2 amide bonds. The Balaban J connectivity index is 1.37. The molecule has 0 saturated carbocycles. The first-order valence-corrected chi connectivity index (χ1v) is 10.4. The first kappa shape index (κ1) is 19.1. The number of aromatic nitrogens is 2. The Morgan fingerprint density at radius 1 is 1.03 bits per heavy atom. The lowest BCUT2D eigenvalue weighted by molar-refractivity contribution is 0.000735. The van der Waals surface area contributed by atoms with Gasteiger partial charge in [0.25, 0.3) is 0 Å². The highest BCUT2D eigenvalue weighted by molar-refractivity contribution is 5.89. The van der Waals surface area contributed by atoms with Crippen LogP contribution in [0.1, 0.15) is 12.0 Å². The van der Waals surface area contributed by atoms with Crippen molar-refractivity contribution in [3.63, 3.8) is 0 Å². The highest BCUT2D eigenvalue weighted by Gasteiger charge is 2.25. The van der Waals surface area contributed by atoms with Crippen LogP contribution in [-0.4, -0.2) is 68.2 Å². The number of rotatable bonds is 4. The monoisotopic (exact) mass is 411 g/mol. The van der Waals surface area contributed by atoms with Gasteiger partial charge in [0.2, 0.25) is 5.88 Å². The summed E-state index contributed by atoms with van der Waals surface area (Å²) in [5.41, 5.74) is 2.67. The van der Waals surface area contributed by atoms with E-state index in [9.17, 15) is 4.79 Å². The van der Waals surface area contributed by atoms with Gasteiger partial charge in [-0.1, -0.05) is 0 Å². The lowest BCUT2D eigenvalue weighted by Crippen LogP contribution is -2.49. The Kier molecular flexibility index (Phi) is 5.37. The van der Waals surface area contributed by atoms with E-state index in [2.05, 4.69) is 20.5 Å². The van der Waals surface area contributed by atoms with Crippen LogP contribution in [0.15, 0.2) is 24.3 Å². The number of benzene rings is 1. The number of carbonyl (C=O) groups is 1.